The molecule has 2 aromatic rings. The molecule has 6 heteroatoms. The van der Waals surface area contributed by atoms with Gasteiger partial charge in [-0.15, -0.1) is 0 Å². The van der Waals surface area contributed by atoms with Gasteiger partial charge < -0.3 is 9.57 Å². The monoisotopic (exact) mass is 384 g/mol. The maximum Gasteiger partial charge on any atom is 0.413 e. The van der Waals surface area contributed by atoms with E-state index in [2.05, 4.69) is 17.3 Å². The second-order valence-corrected chi connectivity index (χ2v) is 7.83. The van der Waals surface area contributed by atoms with E-state index in [1.165, 1.54) is 0 Å². The highest BCUT2D eigenvalue weighted by Crippen LogP contribution is 2.36. The molecule has 0 N–H and O–H groups in total. The lowest BCUT2D eigenvalue weighted by Crippen LogP contribution is -2.48. The number of benzene rings is 2. The summed E-state index contributed by atoms with van der Waals surface area (Å²) in [5.74, 6) is 0. The molecule has 0 bridgehead atoms. The standard InChI is InChI=1S/C21H21ClN2O3/c1-21(2)18(12-14-6-4-3-5-7-14)24(20(25)26-21)19-13-17(23-27-19)15-8-10-16(22)11-9-15/h3-11,18-19H,12-13H2,1-2H3/t18-,19-/m0/s1. The molecule has 0 unspecified atom stereocenters. The zero-order valence-electron chi connectivity index (χ0n) is 15.3. The van der Waals surface area contributed by atoms with Crippen LogP contribution in [0.3, 0.4) is 0 Å². The number of hydrogen-bond acceptors (Lipinski definition) is 4. The van der Waals surface area contributed by atoms with Gasteiger partial charge in [-0.25, -0.2) is 4.79 Å². The van der Waals surface area contributed by atoms with Crippen molar-refractivity contribution in [3.05, 3.63) is 70.7 Å². The highest BCUT2D eigenvalue weighted by atomic mass is 35.5. The molecule has 0 saturated carbocycles. The molecular formula is C21H21ClN2O3. The van der Waals surface area contributed by atoms with Crippen LogP contribution in [0.1, 0.15) is 31.4 Å². The van der Waals surface area contributed by atoms with Crippen LogP contribution in [0.5, 0.6) is 0 Å². The van der Waals surface area contributed by atoms with Gasteiger partial charge in [0, 0.05) is 5.02 Å². The second-order valence-electron chi connectivity index (χ2n) is 7.39. The third kappa shape index (κ3) is 3.52. The van der Waals surface area contributed by atoms with Gasteiger partial charge in [0.1, 0.15) is 5.60 Å². The average molecular weight is 385 g/mol. The first kappa shape index (κ1) is 17.9. The van der Waals surface area contributed by atoms with Gasteiger partial charge >= 0.3 is 6.09 Å². The Morgan fingerprint density at radius 3 is 2.56 bits per heavy atom. The van der Waals surface area contributed by atoms with Gasteiger partial charge in [0.25, 0.3) is 0 Å². The predicted molar refractivity (Wildman–Crippen MR) is 104 cm³/mol. The molecule has 1 saturated heterocycles. The van der Waals surface area contributed by atoms with Crippen molar-refractivity contribution >= 4 is 23.4 Å². The van der Waals surface area contributed by atoms with Crippen molar-refractivity contribution in [1.82, 2.24) is 4.90 Å². The van der Waals surface area contributed by atoms with Crippen LogP contribution in [0.2, 0.25) is 5.02 Å². The van der Waals surface area contributed by atoms with Gasteiger partial charge in [-0.05, 0) is 43.5 Å². The number of hydrogen-bond donors (Lipinski definition) is 0. The van der Waals surface area contributed by atoms with Gasteiger partial charge in [0.2, 0.25) is 6.23 Å². The molecule has 0 spiro atoms. The maximum atomic E-state index is 12.6. The van der Waals surface area contributed by atoms with Crippen LogP contribution in [0.25, 0.3) is 0 Å². The fourth-order valence-corrected chi connectivity index (χ4v) is 3.76. The number of carbonyl (C=O) groups excluding carboxylic acids is 1. The molecule has 2 aromatic carbocycles. The molecule has 0 aliphatic carbocycles. The van der Waals surface area contributed by atoms with Gasteiger partial charge in [-0.3, -0.25) is 4.90 Å². The largest absolute Gasteiger partial charge is 0.441 e. The number of halogens is 1. The first-order valence-electron chi connectivity index (χ1n) is 8.98. The fourth-order valence-electron chi connectivity index (χ4n) is 3.63. The Morgan fingerprint density at radius 2 is 1.85 bits per heavy atom. The van der Waals surface area contributed by atoms with E-state index in [0.29, 0.717) is 17.9 Å². The lowest BCUT2D eigenvalue weighted by molar-refractivity contribution is -0.0285. The van der Waals surface area contributed by atoms with Crippen molar-refractivity contribution in [3.8, 4) is 0 Å². The maximum absolute atomic E-state index is 12.6. The van der Waals surface area contributed by atoms with E-state index in [0.717, 1.165) is 16.8 Å². The molecule has 140 valence electrons. The zero-order chi connectivity index (χ0) is 19.0. The van der Waals surface area contributed by atoms with Crippen LogP contribution in [-0.2, 0) is 16.0 Å². The third-order valence-electron chi connectivity index (χ3n) is 5.11. The number of amides is 1. The molecular weight excluding hydrogens is 364 g/mol. The van der Waals surface area contributed by atoms with Crippen molar-refractivity contribution in [1.29, 1.82) is 0 Å². The van der Waals surface area contributed by atoms with Crippen molar-refractivity contribution in [3.63, 3.8) is 0 Å². The summed E-state index contributed by atoms with van der Waals surface area (Å²) in [6.07, 6.45) is 0.366. The minimum absolute atomic E-state index is 0.142. The summed E-state index contributed by atoms with van der Waals surface area (Å²) in [6, 6.07) is 17.4. The Morgan fingerprint density at radius 1 is 1.15 bits per heavy atom. The molecule has 5 nitrogen and oxygen atoms in total. The molecule has 27 heavy (non-hydrogen) atoms. The highest BCUT2D eigenvalue weighted by molar-refractivity contribution is 6.30. The summed E-state index contributed by atoms with van der Waals surface area (Å²) >= 11 is 5.96. The molecule has 2 heterocycles. The van der Waals surface area contributed by atoms with Gasteiger partial charge in [-0.2, -0.15) is 0 Å². The van der Waals surface area contributed by atoms with E-state index in [1.54, 1.807) is 4.90 Å². The first-order valence-corrected chi connectivity index (χ1v) is 9.36. The molecule has 2 atom stereocenters. The molecule has 0 aromatic heterocycles. The molecule has 1 fully saturated rings. The smallest absolute Gasteiger partial charge is 0.413 e. The average Bonchev–Trinajstić information content (AvgIpc) is 3.19. The lowest BCUT2D eigenvalue weighted by Gasteiger charge is -2.31. The summed E-state index contributed by atoms with van der Waals surface area (Å²) in [7, 11) is 0. The number of ether oxygens (including phenoxy) is 1. The summed E-state index contributed by atoms with van der Waals surface area (Å²) in [5, 5.41) is 4.88. The number of nitrogens with zero attached hydrogens (tertiary/aromatic N) is 2. The van der Waals surface area contributed by atoms with E-state index in [4.69, 9.17) is 21.2 Å². The predicted octanol–water partition coefficient (Wildman–Crippen LogP) is 4.63. The summed E-state index contributed by atoms with van der Waals surface area (Å²) < 4.78 is 5.65. The Labute approximate surface area is 163 Å². The Bertz CT molecular complexity index is 865. The van der Waals surface area contributed by atoms with Crippen LogP contribution in [0, 0.1) is 0 Å². The molecule has 2 aliphatic heterocycles. The van der Waals surface area contributed by atoms with Crippen LogP contribution >= 0.6 is 11.6 Å². The first-order chi connectivity index (χ1) is 12.9. The zero-order valence-corrected chi connectivity index (χ0v) is 16.0. The van der Waals surface area contributed by atoms with Crippen LogP contribution in [-0.4, -0.2) is 34.6 Å². The lowest BCUT2D eigenvalue weighted by atomic mass is 9.91. The third-order valence-corrected chi connectivity index (χ3v) is 5.36. The van der Waals surface area contributed by atoms with E-state index in [1.807, 2.05) is 56.3 Å². The summed E-state index contributed by atoms with van der Waals surface area (Å²) in [4.78, 5) is 20.0. The van der Waals surface area contributed by atoms with Crippen LogP contribution in [0.15, 0.2) is 59.8 Å². The van der Waals surface area contributed by atoms with Crippen molar-refractivity contribution in [2.45, 2.75) is 44.6 Å². The van der Waals surface area contributed by atoms with Gasteiger partial charge in [0.15, 0.2) is 0 Å². The van der Waals surface area contributed by atoms with E-state index >= 15 is 0 Å². The fraction of sp³-hybridized carbons (Fsp3) is 0.333. The normalized spacial score (nSPS) is 23.7. The number of cyclic esters (lactones) is 1. The number of carbonyl (C=O) groups is 1. The molecule has 4 rings (SSSR count). The minimum atomic E-state index is -0.612. The van der Waals surface area contributed by atoms with Gasteiger partial charge in [-0.1, -0.05) is 59.2 Å². The van der Waals surface area contributed by atoms with Gasteiger partial charge in [0.05, 0.1) is 18.2 Å². The highest BCUT2D eigenvalue weighted by Gasteiger charge is 2.52. The number of oxime groups is 1. The molecule has 2 aliphatic rings. The minimum Gasteiger partial charge on any atom is -0.441 e. The SMILES string of the molecule is CC1(C)OC(=O)N([C@@H]2CC(c3ccc(Cl)cc3)=NO2)[C@H]1Cc1ccccc1. The summed E-state index contributed by atoms with van der Waals surface area (Å²) in [6.45, 7) is 3.88. The van der Waals surface area contributed by atoms with Crippen molar-refractivity contribution in [2.24, 2.45) is 5.16 Å². The van der Waals surface area contributed by atoms with Crippen molar-refractivity contribution in [2.75, 3.05) is 0 Å². The topological polar surface area (TPSA) is 51.1 Å². The quantitative estimate of drug-likeness (QED) is 0.772. The Kier molecular flexibility index (Phi) is 4.56. The Hall–Kier alpha value is -2.53. The second kappa shape index (κ2) is 6.89. The van der Waals surface area contributed by atoms with Crippen molar-refractivity contribution < 1.29 is 14.4 Å². The Balaban J connectivity index is 1.54. The van der Waals surface area contributed by atoms with Crippen LogP contribution in [0.4, 0.5) is 4.79 Å². The van der Waals surface area contributed by atoms with E-state index < -0.39 is 11.8 Å². The van der Waals surface area contributed by atoms with E-state index in [-0.39, 0.29) is 12.1 Å². The molecule has 0 radical (unpaired) electrons. The van der Waals surface area contributed by atoms with E-state index in [9.17, 15) is 4.79 Å². The summed E-state index contributed by atoms with van der Waals surface area (Å²) in [5.41, 5.74) is 2.27. The van der Waals surface area contributed by atoms with Crippen LogP contribution < -0.4 is 0 Å². The molecule has 1 amide bonds. The number of rotatable bonds is 4.